The minimum atomic E-state index is -1.85. The van der Waals surface area contributed by atoms with Crippen molar-refractivity contribution < 1.29 is 86.6 Å². The van der Waals surface area contributed by atoms with Crippen LogP contribution in [0.4, 0.5) is 0 Å². The molecule has 0 saturated carbocycles. The van der Waals surface area contributed by atoms with Gasteiger partial charge in [-0.3, -0.25) is 86.9 Å². The number of aromatic amines is 3. The summed E-state index contributed by atoms with van der Waals surface area (Å²) in [5.74, 6) is -17.2. The molecule has 2 aromatic carbocycles. The van der Waals surface area contributed by atoms with E-state index in [9.17, 15) is 72.2 Å². The second kappa shape index (κ2) is 50.3. The summed E-state index contributed by atoms with van der Waals surface area (Å²) in [7, 11) is 5.21. The minimum absolute atomic E-state index is 0.00154. The summed E-state index contributed by atoms with van der Waals surface area (Å²) in [6, 6.07) is -4.21. The molecule has 3 aromatic heterocycles. The smallest absolute Gasteiger partial charge is 0.246 e. The molecule has 22 N–H and O–H groups in total. The summed E-state index contributed by atoms with van der Waals surface area (Å²) in [6.07, 6.45) is 7.02. The first kappa shape index (κ1) is 102. The molecule has 128 heavy (non-hydrogen) atoms. The van der Waals surface area contributed by atoms with E-state index in [2.05, 4.69) is 83.4 Å². The quantitative estimate of drug-likeness (QED) is 0.0143. The van der Waals surface area contributed by atoms with Gasteiger partial charge < -0.3 is 120 Å². The van der Waals surface area contributed by atoms with Crippen LogP contribution in [0, 0.1) is 11.3 Å². The number of rotatable bonds is 26. The Bertz CT molecular complexity index is 4670. The third kappa shape index (κ3) is 30.6. The zero-order valence-corrected chi connectivity index (χ0v) is 74.4. The fourth-order valence-electron chi connectivity index (χ4n) is 14.9. The fourth-order valence-corrected chi connectivity index (χ4v) is 15.7. The number of primary amides is 2. The average molecular weight is 1800 g/mol. The number of aliphatic hydroxyl groups excluding tert-OH is 1. The maximum absolute atomic E-state index is 15.6. The molecule has 0 unspecified atom stereocenters. The fraction of sp³-hybridized carbons (Fsp3) is 0.548. The predicted molar refractivity (Wildman–Crippen MR) is 470 cm³/mol. The van der Waals surface area contributed by atoms with E-state index in [1.165, 1.54) is 60.2 Å². The van der Waals surface area contributed by atoms with Crippen molar-refractivity contribution in [3.05, 3.63) is 108 Å². The minimum Gasteiger partial charge on any atom is -0.394 e. The lowest BCUT2D eigenvalue weighted by atomic mass is 10.00. The molecule has 7 rings (SSSR count). The van der Waals surface area contributed by atoms with E-state index in [4.69, 9.17) is 22.6 Å². The molecule has 5 aromatic rings. The second-order valence-electron chi connectivity index (χ2n) is 32.4. The first-order valence-electron chi connectivity index (χ1n) is 42.6. The van der Waals surface area contributed by atoms with Crippen LogP contribution in [-0.4, -0.2) is 312 Å². The van der Waals surface area contributed by atoms with E-state index in [1.54, 1.807) is 74.6 Å². The van der Waals surface area contributed by atoms with Gasteiger partial charge in [0.05, 0.1) is 50.2 Å². The summed E-state index contributed by atoms with van der Waals surface area (Å²) >= 11 is 0.793. The Morgan fingerprint density at radius 3 is 1.82 bits per heavy atom. The average Bonchev–Trinajstić information content (AvgIpc) is 1.46. The molecule has 44 heteroatoms. The highest BCUT2D eigenvalue weighted by Gasteiger charge is 2.44. The number of likely N-dealkylation sites (N-methyl/N-ethyl adjacent to an activating group) is 4. The number of para-hydroxylation sites is 1. The van der Waals surface area contributed by atoms with Gasteiger partial charge in [0.15, 0.2) is 5.96 Å². The number of hydrogen-bond donors (Lipinski definition) is 19. The molecule has 2 aliphatic rings. The van der Waals surface area contributed by atoms with Crippen LogP contribution in [0.2, 0.25) is 0 Å². The molecule has 0 spiro atoms. The van der Waals surface area contributed by atoms with Gasteiger partial charge in [0.25, 0.3) is 0 Å². The number of hydrogen-bond acceptors (Lipinski definition) is 22. The maximum Gasteiger partial charge on any atom is 0.246 e. The van der Waals surface area contributed by atoms with E-state index in [-0.39, 0.29) is 95.3 Å². The van der Waals surface area contributed by atoms with Gasteiger partial charge in [-0.15, -0.1) is 11.8 Å². The van der Waals surface area contributed by atoms with Crippen LogP contribution in [0.3, 0.4) is 0 Å². The van der Waals surface area contributed by atoms with Crippen molar-refractivity contribution in [1.29, 1.82) is 5.41 Å². The van der Waals surface area contributed by atoms with E-state index in [0.29, 0.717) is 53.4 Å². The van der Waals surface area contributed by atoms with Gasteiger partial charge in [-0.1, -0.05) is 102 Å². The third-order valence-electron chi connectivity index (χ3n) is 22.0. The number of imidazole rings is 2. The van der Waals surface area contributed by atoms with Crippen LogP contribution in [0.5, 0.6) is 0 Å². The predicted octanol–water partition coefficient (Wildman–Crippen LogP) is -3.90. The number of nitrogens with one attached hydrogen (secondary N) is 15. The van der Waals surface area contributed by atoms with Crippen molar-refractivity contribution in [2.75, 3.05) is 72.5 Å². The second-order valence-corrected chi connectivity index (χ2v) is 33.4. The molecule has 698 valence electrons. The first-order valence-corrected chi connectivity index (χ1v) is 43.8. The number of H-pyrrole nitrogens is 3. The van der Waals surface area contributed by atoms with E-state index in [1.807, 2.05) is 13.8 Å². The molecule has 0 aliphatic carbocycles. The van der Waals surface area contributed by atoms with Crippen LogP contribution < -0.4 is 75.7 Å². The summed E-state index contributed by atoms with van der Waals surface area (Å²) < 4.78 is 0. The van der Waals surface area contributed by atoms with Gasteiger partial charge >= 0.3 is 0 Å². The Morgan fingerprint density at radius 2 is 1.18 bits per heavy atom. The number of benzene rings is 2. The molecule has 5 heterocycles. The topological polar surface area (TPSA) is 634 Å². The largest absolute Gasteiger partial charge is 0.394 e. The standard InChI is InChI=1S/C84H123N25O18S/c1-10-12-26-64-77(121)98-55(25-19-29-91-84(87)88)73(117)104-63(72(116)93-40-68(86)112)43-128-44-70(114)97-59(32-49-21-15-14-16-22-49)80(124)106(7)48(5)71(115)100-61(36-67(85)111)82(126)109-30-20-28-65(109)78(122)99-57(35-52-39-90-46-95-52)75(119)101-58(31-47(3)4)79(123)105(6)41-69(113)96-56(34-51-38-89-45-94-51)74(118)103-62(42-110)76(120)102-60(33-50-37-92-54-24-18-17-23-53(50)54)81(125)108(9)66(27-13-11-2)83(127)107(64)8/h14-18,21-24,37-39,45-48,55-66,92,110H,10-13,19-20,25-36,40-44H2,1-9H3,(H2,85,111)(H2,86,112)(H,89,94)(H,90,95)(H,93,116)(H,96,113)(H,97,114)(H,98,121)(H,99,122)(H,100,115)(H,101,119)(H,102,120)(H,103,118)(H,104,117)(H4,87,88,91)/t48-,55-,56-,57-,58-,59-,60-,61-,62-,63-,64-,65-,66-/m0/s1. The first-order chi connectivity index (χ1) is 60.9. The van der Waals surface area contributed by atoms with Gasteiger partial charge in [-0.05, 0) is 75.0 Å². The molecular weight excluding hydrogens is 1680 g/mol. The number of aromatic nitrogens is 5. The van der Waals surface area contributed by atoms with Crippen molar-refractivity contribution in [2.45, 2.75) is 216 Å². The molecule has 2 saturated heterocycles. The van der Waals surface area contributed by atoms with Gasteiger partial charge in [0, 0.05) is 108 Å². The van der Waals surface area contributed by atoms with Crippen LogP contribution in [0.15, 0.2) is 85.8 Å². The third-order valence-corrected chi connectivity index (χ3v) is 23.0. The zero-order valence-electron chi connectivity index (χ0n) is 73.6. The number of carbonyl (C=O) groups is 17. The van der Waals surface area contributed by atoms with Crippen LogP contribution >= 0.6 is 11.8 Å². The van der Waals surface area contributed by atoms with Crippen molar-refractivity contribution in [1.82, 2.24) is 108 Å². The summed E-state index contributed by atoms with van der Waals surface area (Å²) in [5, 5.41) is 48.3. The van der Waals surface area contributed by atoms with Gasteiger partial charge in [-0.2, -0.15) is 0 Å². The van der Waals surface area contributed by atoms with Gasteiger partial charge in [0.2, 0.25) is 100 Å². The Labute approximate surface area is 745 Å². The zero-order chi connectivity index (χ0) is 94.0. The summed E-state index contributed by atoms with van der Waals surface area (Å²) in [6.45, 7) is 5.88. The molecule has 0 radical (unpaired) electrons. The highest BCUT2D eigenvalue weighted by atomic mass is 32.2. The molecule has 2 aliphatic heterocycles. The number of amides is 17. The molecule has 17 amide bonds. The number of aliphatic hydroxyl groups is 1. The molecule has 2 fully saturated rings. The lowest BCUT2D eigenvalue weighted by Gasteiger charge is -2.36. The number of guanidine groups is 1. The molecule has 13 atom stereocenters. The maximum atomic E-state index is 15.6. The Morgan fingerprint density at radius 1 is 0.578 bits per heavy atom. The van der Waals surface area contributed by atoms with Crippen molar-refractivity contribution in [2.24, 2.45) is 23.1 Å². The number of unbranched alkanes of at least 4 members (excludes halogenated alkanes) is 2. The normalized spacial score (nSPS) is 23.8. The Kier molecular flexibility index (Phi) is 40.1. The summed E-state index contributed by atoms with van der Waals surface area (Å²) in [4.78, 5) is 269. The SMILES string of the molecule is CCCC[C@H]1C(=O)N(C)[C@@H](CCCC)C(=O)N[C@@H](CCCNC(=N)N)C(=O)N[C@H](C(=O)NCC(N)=O)CSCC(=O)N[C@@H](Cc2ccccc2)C(=O)N(C)[C@@H](C)C(=O)N[C@@H](CC(N)=O)C(=O)N2CCC[C@H]2C(=O)N[C@@H](Cc2cnc[nH]2)C(=O)N[C@@H](CC(C)C)C(=O)N(C)CC(=O)N[C@@H](Cc2c[nH]cn2)C(=O)N[C@@H](CO)C(=O)N[C@@H](Cc2c[nH]c3ccccc23)C(=O)N1C. The van der Waals surface area contributed by atoms with Crippen molar-refractivity contribution in [3.8, 4) is 0 Å². The van der Waals surface area contributed by atoms with Crippen LogP contribution in [-0.2, 0) is 107 Å². The number of thioether (sulfide) groups is 1. The highest BCUT2D eigenvalue weighted by molar-refractivity contribution is 8.00. The van der Waals surface area contributed by atoms with Crippen molar-refractivity contribution in [3.63, 3.8) is 0 Å². The van der Waals surface area contributed by atoms with Crippen LogP contribution in [0.25, 0.3) is 10.9 Å². The number of nitrogens with zero attached hydrogens (tertiary/aromatic N) is 7. The molecular formula is C84H123N25O18S. The van der Waals surface area contributed by atoms with E-state index in [0.717, 1.165) is 36.3 Å². The van der Waals surface area contributed by atoms with Crippen LogP contribution in [0.1, 0.15) is 134 Å². The lowest BCUT2D eigenvalue weighted by molar-refractivity contribution is -0.149. The Balaban J connectivity index is 1.28. The van der Waals surface area contributed by atoms with E-state index < -0.39 is 223 Å². The lowest BCUT2D eigenvalue weighted by Crippen LogP contribution is -2.61. The Hall–Kier alpha value is -13.0. The highest BCUT2D eigenvalue weighted by Crippen LogP contribution is 2.25. The number of fused-ring (bicyclic) bond motifs is 2. The molecule has 43 nitrogen and oxygen atoms in total. The van der Waals surface area contributed by atoms with Gasteiger partial charge in [-0.25, -0.2) is 9.97 Å². The monoisotopic (exact) mass is 1800 g/mol. The summed E-state index contributed by atoms with van der Waals surface area (Å²) in [5.41, 5.74) is 19.0. The molecule has 0 bridgehead atoms. The number of nitrogens with two attached hydrogens (primary N) is 3. The number of carbonyl (C=O) groups excluding carboxylic acids is 17. The van der Waals surface area contributed by atoms with E-state index >= 15 is 14.4 Å². The van der Waals surface area contributed by atoms with Gasteiger partial charge in [0.1, 0.15) is 78.5 Å². The van der Waals surface area contributed by atoms with Crippen molar-refractivity contribution >= 4 is 129 Å².